The van der Waals surface area contributed by atoms with Crippen molar-refractivity contribution in [3.8, 4) is 0 Å². The van der Waals surface area contributed by atoms with Crippen LogP contribution in [-0.4, -0.2) is 39.0 Å². The smallest absolute Gasteiger partial charge is 0.113 e. The van der Waals surface area contributed by atoms with Crippen molar-refractivity contribution in [3.63, 3.8) is 0 Å². The van der Waals surface area contributed by atoms with E-state index in [1.54, 1.807) is 0 Å². The molecule has 0 radical (unpaired) electrons. The molecule has 0 aromatic carbocycles. The van der Waals surface area contributed by atoms with Gasteiger partial charge >= 0.3 is 0 Å². The summed E-state index contributed by atoms with van der Waals surface area (Å²) < 4.78 is 21.8. The van der Waals surface area contributed by atoms with Crippen LogP contribution in [0.2, 0.25) is 0 Å². The van der Waals surface area contributed by atoms with Crippen molar-refractivity contribution in [2.45, 2.75) is 25.7 Å². The summed E-state index contributed by atoms with van der Waals surface area (Å²) >= 11 is 5.53. The van der Waals surface area contributed by atoms with E-state index in [1.807, 2.05) is 0 Å². The molecule has 0 atom stereocenters. The van der Waals surface area contributed by atoms with Gasteiger partial charge in [-0.05, 0) is 12.8 Å². The molecule has 0 aromatic heterocycles. The molecule has 4 heteroatoms. The highest BCUT2D eigenvalue weighted by molar-refractivity contribution is 6.17. The first-order valence-corrected chi connectivity index (χ1v) is 5.72. The van der Waals surface area contributed by atoms with E-state index in [2.05, 4.69) is 0 Å². The van der Waals surface area contributed by atoms with Gasteiger partial charge in [-0.1, -0.05) is 12.8 Å². The molecule has 0 spiro atoms. The fourth-order valence-corrected chi connectivity index (χ4v) is 1.22. The maximum Gasteiger partial charge on any atom is 0.113 e. The molecule has 0 saturated heterocycles. The quantitative estimate of drug-likeness (QED) is 0.399. The van der Waals surface area contributed by atoms with Crippen LogP contribution in [0, 0.1) is 0 Å². The maximum atomic E-state index is 11.6. The molecule has 0 heterocycles. The molecule has 0 N–H and O–H groups in total. The van der Waals surface area contributed by atoms with Crippen LogP contribution < -0.4 is 0 Å². The lowest BCUT2D eigenvalue weighted by Gasteiger charge is -2.04. The van der Waals surface area contributed by atoms with Crippen LogP contribution in [0.25, 0.3) is 0 Å². The molecule has 0 aliphatic rings. The zero-order valence-electron chi connectivity index (χ0n) is 8.64. The Morgan fingerprint density at radius 3 is 2.07 bits per heavy atom. The molecule has 0 rings (SSSR count). The molecular formula is C10H20ClFO2. The van der Waals surface area contributed by atoms with Crippen LogP contribution >= 0.6 is 11.6 Å². The summed E-state index contributed by atoms with van der Waals surface area (Å²) in [6.07, 6.45) is 4.49. The third-order valence-electron chi connectivity index (χ3n) is 1.77. The van der Waals surface area contributed by atoms with Gasteiger partial charge in [-0.2, -0.15) is 0 Å². The molecule has 0 aromatic rings. The minimum Gasteiger partial charge on any atom is -0.379 e. The Morgan fingerprint density at radius 2 is 1.43 bits per heavy atom. The van der Waals surface area contributed by atoms with Gasteiger partial charge in [0.05, 0.1) is 19.8 Å². The monoisotopic (exact) mass is 226 g/mol. The predicted molar refractivity (Wildman–Crippen MR) is 56.8 cm³/mol. The molecule has 0 saturated carbocycles. The summed E-state index contributed by atoms with van der Waals surface area (Å²) in [6.45, 7) is 1.58. The van der Waals surface area contributed by atoms with Crippen LogP contribution in [-0.2, 0) is 9.47 Å². The molecule has 0 unspecified atom stereocenters. The lowest BCUT2D eigenvalue weighted by Crippen LogP contribution is -2.06. The van der Waals surface area contributed by atoms with Crippen LogP contribution in [0.1, 0.15) is 25.7 Å². The number of alkyl halides is 2. The van der Waals surface area contributed by atoms with Crippen molar-refractivity contribution >= 4 is 11.6 Å². The minimum atomic E-state index is -0.418. The van der Waals surface area contributed by atoms with Crippen molar-refractivity contribution in [1.82, 2.24) is 0 Å². The second-order valence-corrected chi connectivity index (χ2v) is 3.39. The van der Waals surface area contributed by atoms with Gasteiger partial charge in [-0.3, -0.25) is 0 Å². The first kappa shape index (κ1) is 14.1. The number of hydrogen-bond acceptors (Lipinski definition) is 2. The summed E-state index contributed by atoms with van der Waals surface area (Å²) in [4.78, 5) is 0. The predicted octanol–water partition coefficient (Wildman–Crippen LogP) is 2.79. The summed E-state index contributed by atoms with van der Waals surface area (Å²) in [7, 11) is 0. The maximum absolute atomic E-state index is 11.6. The normalized spacial score (nSPS) is 10.7. The van der Waals surface area contributed by atoms with E-state index in [1.165, 1.54) is 6.42 Å². The summed E-state index contributed by atoms with van der Waals surface area (Å²) in [5.41, 5.74) is 0. The van der Waals surface area contributed by atoms with Gasteiger partial charge < -0.3 is 9.47 Å². The van der Waals surface area contributed by atoms with E-state index in [4.69, 9.17) is 21.1 Å². The first-order chi connectivity index (χ1) is 6.91. The average Bonchev–Trinajstić information content (AvgIpc) is 2.21. The summed E-state index contributed by atoms with van der Waals surface area (Å²) in [6, 6.07) is 0. The summed E-state index contributed by atoms with van der Waals surface area (Å²) in [5.74, 6) is 0.748. The van der Waals surface area contributed by atoms with Crippen LogP contribution in [0.4, 0.5) is 4.39 Å². The van der Waals surface area contributed by atoms with Gasteiger partial charge in [0.1, 0.15) is 6.67 Å². The number of ether oxygens (including phenoxy) is 2. The zero-order valence-corrected chi connectivity index (χ0v) is 9.40. The Morgan fingerprint density at radius 1 is 0.786 bits per heavy atom. The van der Waals surface area contributed by atoms with Gasteiger partial charge in [0.25, 0.3) is 0 Å². The van der Waals surface area contributed by atoms with Crippen LogP contribution in [0.3, 0.4) is 0 Å². The van der Waals surface area contributed by atoms with E-state index >= 15 is 0 Å². The number of halogens is 2. The molecule has 86 valence electrons. The molecule has 0 aliphatic carbocycles. The Hall–Kier alpha value is 0.140. The Bertz CT molecular complexity index is 92.1. The Balaban J connectivity index is 2.78. The van der Waals surface area contributed by atoms with Crippen molar-refractivity contribution in [2.75, 3.05) is 39.0 Å². The Labute approximate surface area is 90.7 Å². The fraction of sp³-hybridized carbons (Fsp3) is 1.00. The highest BCUT2D eigenvalue weighted by Crippen LogP contribution is 2.00. The second kappa shape index (κ2) is 13.1. The fourth-order valence-electron chi connectivity index (χ4n) is 1.03. The lowest BCUT2D eigenvalue weighted by atomic mass is 10.2. The van der Waals surface area contributed by atoms with Gasteiger partial charge in [0.2, 0.25) is 0 Å². The van der Waals surface area contributed by atoms with E-state index in [0.29, 0.717) is 13.2 Å². The number of rotatable bonds is 11. The van der Waals surface area contributed by atoms with Crippen LogP contribution in [0.15, 0.2) is 0 Å². The molecule has 14 heavy (non-hydrogen) atoms. The standard InChI is InChI=1S/C10H20ClFO2/c11-5-3-1-2-4-7-13-9-10-14-8-6-12/h1-10H2. The van der Waals surface area contributed by atoms with E-state index in [0.717, 1.165) is 31.7 Å². The van der Waals surface area contributed by atoms with Gasteiger partial charge in [-0.15, -0.1) is 11.6 Å². The highest BCUT2D eigenvalue weighted by atomic mass is 35.5. The first-order valence-electron chi connectivity index (χ1n) is 5.19. The van der Waals surface area contributed by atoms with E-state index < -0.39 is 6.67 Å². The molecular weight excluding hydrogens is 207 g/mol. The molecule has 2 nitrogen and oxygen atoms in total. The zero-order chi connectivity index (χ0) is 10.5. The third-order valence-corrected chi connectivity index (χ3v) is 2.03. The average molecular weight is 227 g/mol. The molecule has 0 amide bonds. The molecule has 0 aliphatic heterocycles. The van der Waals surface area contributed by atoms with Gasteiger partial charge in [-0.25, -0.2) is 4.39 Å². The van der Waals surface area contributed by atoms with E-state index in [-0.39, 0.29) is 6.61 Å². The highest BCUT2D eigenvalue weighted by Gasteiger charge is 1.91. The lowest BCUT2D eigenvalue weighted by molar-refractivity contribution is 0.0415. The number of hydrogen-bond donors (Lipinski definition) is 0. The van der Waals surface area contributed by atoms with Gasteiger partial charge in [0, 0.05) is 12.5 Å². The van der Waals surface area contributed by atoms with Gasteiger partial charge in [0.15, 0.2) is 0 Å². The summed E-state index contributed by atoms with van der Waals surface area (Å²) in [5, 5.41) is 0. The topological polar surface area (TPSA) is 18.5 Å². The Kier molecular flexibility index (Phi) is 13.3. The van der Waals surface area contributed by atoms with E-state index in [9.17, 15) is 4.39 Å². The largest absolute Gasteiger partial charge is 0.379 e. The van der Waals surface area contributed by atoms with Crippen molar-refractivity contribution in [2.24, 2.45) is 0 Å². The minimum absolute atomic E-state index is 0.180. The second-order valence-electron chi connectivity index (χ2n) is 3.02. The SMILES string of the molecule is FCCOCCOCCCCCCCl. The number of unbranched alkanes of at least 4 members (excludes halogenated alkanes) is 3. The van der Waals surface area contributed by atoms with Crippen molar-refractivity contribution in [3.05, 3.63) is 0 Å². The van der Waals surface area contributed by atoms with Crippen LogP contribution in [0.5, 0.6) is 0 Å². The molecule has 0 bridgehead atoms. The van der Waals surface area contributed by atoms with Crippen molar-refractivity contribution < 1.29 is 13.9 Å². The molecule has 0 fully saturated rings. The van der Waals surface area contributed by atoms with Crippen molar-refractivity contribution in [1.29, 1.82) is 0 Å². The third kappa shape index (κ3) is 12.1.